The van der Waals surface area contributed by atoms with Crippen molar-refractivity contribution >= 4 is 21.7 Å². The van der Waals surface area contributed by atoms with Crippen molar-refractivity contribution in [1.29, 1.82) is 5.26 Å². The highest BCUT2D eigenvalue weighted by molar-refractivity contribution is 9.10. The summed E-state index contributed by atoms with van der Waals surface area (Å²) < 4.78 is 13.7. The summed E-state index contributed by atoms with van der Waals surface area (Å²) in [6.07, 6.45) is 0.390. The molecule has 0 amide bonds. The predicted octanol–water partition coefficient (Wildman–Crippen LogP) is 3.32. The molecule has 0 saturated heterocycles. The Labute approximate surface area is 95.8 Å². The second kappa shape index (κ2) is 5.04. The van der Waals surface area contributed by atoms with Crippen LogP contribution in [0.2, 0.25) is 0 Å². The lowest BCUT2D eigenvalue weighted by atomic mass is 9.96. The molecular formula is C11H9BrFNO. The third-order valence-electron chi connectivity index (χ3n) is 2.10. The summed E-state index contributed by atoms with van der Waals surface area (Å²) in [4.78, 5) is 11.7. The Bertz CT molecular complexity index is 425. The van der Waals surface area contributed by atoms with Gasteiger partial charge in [0, 0.05) is 0 Å². The van der Waals surface area contributed by atoms with Crippen LogP contribution in [0.3, 0.4) is 0 Å². The zero-order valence-electron chi connectivity index (χ0n) is 8.13. The van der Waals surface area contributed by atoms with E-state index in [9.17, 15) is 9.18 Å². The summed E-state index contributed by atoms with van der Waals surface area (Å²) in [7, 11) is 0. The fourth-order valence-corrected chi connectivity index (χ4v) is 1.58. The van der Waals surface area contributed by atoms with Gasteiger partial charge in [-0.1, -0.05) is 13.0 Å². The molecule has 0 aliphatic rings. The molecule has 0 aliphatic carbocycles. The molecule has 1 atom stereocenters. The van der Waals surface area contributed by atoms with E-state index in [0.717, 1.165) is 0 Å². The van der Waals surface area contributed by atoms with E-state index in [0.29, 0.717) is 6.42 Å². The predicted molar refractivity (Wildman–Crippen MR) is 57.8 cm³/mol. The molecule has 1 unspecified atom stereocenters. The van der Waals surface area contributed by atoms with Gasteiger partial charge in [0.1, 0.15) is 11.7 Å². The number of hydrogen-bond acceptors (Lipinski definition) is 2. The SMILES string of the molecule is CCC(C#N)C(=O)c1cccc(Br)c1F. The number of halogens is 2. The van der Waals surface area contributed by atoms with Gasteiger partial charge in [0.25, 0.3) is 0 Å². The maximum atomic E-state index is 13.5. The van der Waals surface area contributed by atoms with Crippen molar-refractivity contribution in [2.24, 2.45) is 5.92 Å². The van der Waals surface area contributed by atoms with Crippen LogP contribution in [0.1, 0.15) is 23.7 Å². The summed E-state index contributed by atoms with van der Waals surface area (Å²) in [5.41, 5.74) is -0.0298. The molecule has 78 valence electrons. The molecule has 0 heterocycles. The Kier molecular flexibility index (Phi) is 3.98. The number of ketones is 1. The van der Waals surface area contributed by atoms with Crippen molar-refractivity contribution in [3.8, 4) is 6.07 Å². The number of carbonyl (C=O) groups is 1. The number of carbonyl (C=O) groups excluding carboxylic acids is 1. The summed E-state index contributed by atoms with van der Waals surface area (Å²) in [6, 6.07) is 6.34. The highest BCUT2D eigenvalue weighted by Crippen LogP contribution is 2.21. The lowest BCUT2D eigenvalue weighted by Crippen LogP contribution is -2.13. The Morgan fingerprint density at radius 1 is 1.67 bits per heavy atom. The highest BCUT2D eigenvalue weighted by atomic mass is 79.9. The molecule has 1 aromatic carbocycles. The molecule has 2 nitrogen and oxygen atoms in total. The number of hydrogen-bond donors (Lipinski definition) is 0. The average molecular weight is 270 g/mol. The van der Waals surface area contributed by atoms with Crippen LogP contribution in [-0.4, -0.2) is 5.78 Å². The van der Waals surface area contributed by atoms with Gasteiger partial charge < -0.3 is 0 Å². The van der Waals surface area contributed by atoms with E-state index in [1.165, 1.54) is 12.1 Å². The van der Waals surface area contributed by atoms with E-state index < -0.39 is 17.5 Å². The molecule has 0 N–H and O–H groups in total. The van der Waals surface area contributed by atoms with Gasteiger partial charge in [0.15, 0.2) is 5.78 Å². The molecule has 0 fully saturated rings. The van der Waals surface area contributed by atoms with Gasteiger partial charge >= 0.3 is 0 Å². The summed E-state index contributed by atoms with van der Waals surface area (Å²) >= 11 is 3.00. The molecular weight excluding hydrogens is 261 g/mol. The van der Waals surface area contributed by atoms with Crippen LogP contribution in [0.5, 0.6) is 0 Å². The van der Waals surface area contributed by atoms with E-state index in [4.69, 9.17) is 5.26 Å². The first kappa shape index (κ1) is 11.9. The molecule has 4 heteroatoms. The third-order valence-corrected chi connectivity index (χ3v) is 2.71. The zero-order valence-corrected chi connectivity index (χ0v) is 9.71. The second-order valence-corrected chi connectivity index (χ2v) is 3.91. The quantitative estimate of drug-likeness (QED) is 0.790. The summed E-state index contributed by atoms with van der Waals surface area (Å²) in [5.74, 6) is -1.83. The molecule has 0 spiro atoms. The van der Waals surface area contributed by atoms with Crippen molar-refractivity contribution < 1.29 is 9.18 Å². The van der Waals surface area contributed by atoms with Crippen LogP contribution in [-0.2, 0) is 0 Å². The van der Waals surface area contributed by atoms with Gasteiger partial charge in [0.05, 0.1) is 16.1 Å². The van der Waals surface area contributed by atoms with Gasteiger partial charge in [-0.15, -0.1) is 0 Å². The van der Waals surface area contributed by atoms with Crippen LogP contribution in [0.25, 0.3) is 0 Å². The molecule has 0 bridgehead atoms. The standard InChI is InChI=1S/C11H9BrFNO/c1-2-7(6-14)11(15)8-4-3-5-9(12)10(8)13/h3-5,7H,2H2,1H3. The highest BCUT2D eigenvalue weighted by Gasteiger charge is 2.21. The van der Waals surface area contributed by atoms with Crippen molar-refractivity contribution in [2.45, 2.75) is 13.3 Å². The minimum Gasteiger partial charge on any atom is -0.293 e. The van der Waals surface area contributed by atoms with Crippen molar-refractivity contribution in [3.63, 3.8) is 0 Å². The number of nitrogens with zero attached hydrogens (tertiary/aromatic N) is 1. The number of nitriles is 1. The maximum absolute atomic E-state index is 13.5. The van der Waals surface area contributed by atoms with Crippen molar-refractivity contribution in [3.05, 3.63) is 34.1 Å². The molecule has 0 aliphatic heterocycles. The van der Waals surface area contributed by atoms with Crippen LogP contribution >= 0.6 is 15.9 Å². The zero-order chi connectivity index (χ0) is 11.4. The maximum Gasteiger partial charge on any atom is 0.182 e. The van der Waals surface area contributed by atoms with Gasteiger partial charge in [-0.05, 0) is 34.5 Å². The first-order chi connectivity index (χ1) is 7.11. The molecule has 1 aromatic rings. The lowest BCUT2D eigenvalue weighted by molar-refractivity contribution is 0.0942. The molecule has 1 rings (SSSR count). The second-order valence-electron chi connectivity index (χ2n) is 3.06. The molecule has 0 saturated carbocycles. The Balaban J connectivity index is 3.13. The first-order valence-corrected chi connectivity index (χ1v) is 5.29. The van der Waals surface area contributed by atoms with Crippen molar-refractivity contribution in [1.82, 2.24) is 0 Å². The van der Waals surface area contributed by atoms with Crippen LogP contribution in [0.15, 0.2) is 22.7 Å². The lowest BCUT2D eigenvalue weighted by Gasteiger charge is -2.06. The Morgan fingerprint density at radius 2 is 2.33 bits per heavy atom. The minimum absolute atomic E-state index is 0.0298. The fourth-order valence-electron chi connectivity index (χ4n) is 1.22. The topological polar surface area (TPSA) is 40.9 Å². The van der Waals surface area contributed by atoms with Gasteiger partial charge in [-0.2, -0.15) is 5.26 Å². The molecule has 0 radical (unpaired) electrons. The summed E-state index contributed by atoms with van der Waals surface area (Å²) in [6.45, 7) is 1.72. The summed E-state index contributed by atoms with van der Waals surface area (Å²) in [5, 5.41) is 8.71. The number of Topliss-reactive ketones (excluding diaryl/α,β-unsaturated/α-hetero) is 1. The molecule has 15 heavy (non-hydrogen) atoms. The normalized spacial score (nSPS) is 11.9. The van der Waals surface area contributed by atoms with E-state index in [2.05, 4.69) is 15.9 Å². The smallest absolute Gasteiger partial charge is 0.182 e. The fraction of sp³-hybridized carbons (Fsp3) is 0.273. The largest absolute Gasteiger partial charge is 0.293 e. The monoisotopic (exact) mass is 269 g/mol. The minimum atomic E-state index is -0.770. The van der Waals surface area contributed by atoms with Gasteiger partial charge in [-0.25, -0.2) is 4.39 Å². The van der Waals surface area contributed by atoms with Gasteiger partial charge in [0.2, 0.25) is 0 Å². The Morgan fingerprint density at radius 3 is 2.87 bits per heavy atom. The molecule has 0 aromatic heterocycles. The van der Waals surface area contributed by atoms with Crippen LogP contribution in [0, 0.1) is 23.1 Å². The van der Waals surface area contributed by atoms with Gasteiger partial charge in [-0.3, -0.25) is 4.79 Å². The van der Waals surface area contributed by atoms with E-state index in [-0.39, 0.29) is 10.0 Å². The van der Waals surface area contributed by atoms with Crippen LogP contribution < -0.4 is 0 Å². The number of benzene rings is 1. The first-order valence-electron chi connectivity index (χ1n) is 4.49. The van der Waals surface area contributed by atoms with E-state index in [1.54, 1.807) is 13.0 Å². The third kappa shape index (κ3) is 2.42. The van der Waals surface area contributed by atoms with Crippen molar-refractivity contribution in [2.75, 3.05) is 0 Å². The van der Waals surface area contributed by atoms with Crippen LogP contribution in [0.4, 0.5) is 4.39 Å². The Hall–Kier alpha value is -1.21. The average Bonchev–Trinajstić information content (AvgIpc) is 2.23. The van der Waals surface area contributed by atoms with E-state index >= 15 is 0 Å². The van der Waals surface area contributed by atoms with E-state index in [1.807, 2.05) is 6.07 Å². The number of rotatable bonds is 3.